The number of carbonyl (C=O) groups excluding carboxylic acids is 3. The number of rotatable bonds is 23. The van der Waals surface area contributed by atoms with Crippen molar-refractivity contribution in [3.8, 4) is 11.5 Å². The fraction of sp³-hybridized carbons (Fsp3) is 0.705. The van der Waals surface area contributed by atoms with Crippen LogP contribution in [0.1, 0.15) is 81.0 Å². The van der Waals surface area contributed by atoms with Crippen molar-refractivity contribution in [2.75, 3.05) is 102 Å². The van der Waals surface area contributed by atoms with Crippen LogP contribution < -0.4 is 36.0 Å². The van der Waals surface area contributed by atoms with Crippen molar-refractivity contribution in [2.24, 2.45) is 16.5 Å². The third-order valence-corrected chi connectivity index (χ3v) is 14.0. The Bertz CT molecular complexity index is 1680. The predicted octanol–water partition coefficient (Wildman–Crippen LogP) is 4.60. The fourth-order valence-electron chi connectivity index (χ4n) is 9.15. The van der Waals surface area contributed by atoms with Crippen molar-refractivity contribution >= 4 is 47.4 Å². The summed E-state index contributed by atoms with van der Waals surface area (Å²) in [7, 11) is 0. The number of para-hydroxylation sites is 1. The molecule has 1 saturated carbocycles. The molecule has 62 heavy (non-hydrogen) atoms. The van der Waals surface area contributed by atoms with E-state index in [0.717, 1.165) is 49.8 Å². The van der Waals surface area contributed by atoms with Gasteiger partial charge in [-0.1, -0.05) is 49.8 Å². The van der Waals surface area contributed by atoms with E-state index in [4.69, 9.17) is 24.1 Å². The van der Waals surface area contributed by atoms with E-state index >= 15 is 0 Å². The number of aromatic nitrogens is 2. The van der Waals surface area contributed by atoms with Gasteiger partial charge in [0.05, 0.1) is 63.5 Å². The Morgan fingerprint density at radius 3 is 2.37 bits per heavy atom. The van der Waals surface area contributed by atoms with Crippen LogP contribution in [0.25, 0.3) is 0 Å². The summed E-state index contributed by atoms with van der Waals surface area (Å²) in [5.74, 6) is 3.40. The second kappa shape index (κ2) is 25.8. The lowest BCUT2D eigenvalue weighted by Gasteiger charge is -2.54. The summed E-state index contributed by atoms with van der Waals surface area (Å²) in [6, 6.07) is 7.61. The SMILES string of the molecule is CSN.O=C(CCCCC1SC[C@@H]2NC(=O)N[C@H]12)NCCOCCOCCOCCNC(=O)c1ccccc1Oc1cncnc1N1CC2(CCN(CC3CCCCC3)CC2)C1. The maximum atomic E-state index is 13.2. The van der Waals surface area contributed by atoms with E-state index in [1.54, 1.807) is 24.7 Å². The maximum absolute atomic E-state index is 13.2. The van der Waals surface area contributed by atoms with Crippen LogP contribution in [0, 0.1) is 11.3 Å². The molecule has 344 valence electrons. The minimum Gasteiger partial charge on any atom is -0.451 e. The zero-order valence-corrected chi connectivity index (χ0v) is 38.1. The second-order valence-corrected chi connectivity index (χ2v) is 18.8. The van der Waals surface area contributed by atoms with Gasteiger partial charge in [-0.15, -0.1) is 0 Å². The van der Waals surface area contributed by atoms with Crippen LogP contribution in [0.3, 0.4) is 0 Å². The van der Waals surface area contributed by atoms with Gasteiger partial charge in [0.2, 0.25) is 5.91 Å². The molecule has 1 unspecified atom stereocenters. The molecule has 1 aliphatic carbocycles. The summed E-state index contributed by atoms with van der Waals surface area (Å²) in [6.45, 7) is 8.79. The first-order valence-electron chi connectivity index (χ1n) is 22.6. The van der Waals surface area contributed by atoms with Crippen LogP contribution in [-0.4, -0.2) is 148 Å². The number of piperidine rings is 1. The number of anilines is 1. The van der Waals surface area contributed by atoms with E-state index in [0.29, 0.717) is 86.9 Å². The predicted molar refractivity (Wildman–Crippen MR) is 245 cm³/mol. The molecule has 2 aromatic rings. The molecule has 0 bridgehead atoms. The highest BCUT2D eigenvalue weighted by atomic mass is 32.2. The zero-order valence-electron chi connectivity index (χ0n) is 36.5. The normalized spacial score (nSPS) is 21.9. The molecule has 5 aliphatic rings. The number of unbranched alkanes of at least 4 members (excludes halogenated alkanes) is 1. The average molecular weight is 900 g/mol. The Morgan fingerprint density at radius 1 is 0.935 bits per heavy atom. The van der Waals surface area contributed by atoms with Crippen molar-refractivity contribution in [2.45, 2.75) is 88.0 Å². The van der Waals surface area contributed by atoms with Crippen LogP contribution in [0.15, 0.2) is 36.8 Å². The molecule has 16 nitrogen and oxygen atoms in total. The maximum Gasteiger partial charge on any atom is 0.315 e. The van der Waals surface area contributed by atoms with Gasteiger partial charge in [0.1, 0.15) is 12.1 Å². The van der Waals surface area contributed by atoms with Gasteiger partial charge in [-0.2, -0.15) is 11.8 Å². The number of amides is 4. The number of likely N-dealkylation sites (tertiary alicyclic amines) is 1. The van der Waals surface area contributed by atoms with Crippen LogP contribution in [0.5, 0.6) is 11.5 Å². The van der Waals surface area contributed by atoms with Crippen molar-refractivity contribution in [3.63, 3.8) is 0 Å². The lowest BCUT2D eigenvalue weighted by molar-refractivity contribution is -0.121. The van der Waals surface area contributed by atoms with Crippen LogP contribution in [0.2, 0.25) is 0 Å². The van der Waals surface area contributed by atoms with Gasteiger partial charge in [-0.25, -0.2) is 14.8 Å². The minimum atomic E-state index is -0.245. The summed E-state index contributed by atoms with van der Waals surface area (Å²) in [5.41, 5.74) is 0.771. The number of hydrogen-bond acceptors (Lipinski definition) is 14. The van der Waals surface area contributed by atoms with Gasteiger partial charge in [0.15, 0.2) is 11.6 Å². The van der Waals surface area contributed by atoms with Gasteiger partial charge < -0.3 is 50.0 Å². The molecule has 4 amide bonds. The topological polar surface area (TPSA) is 195 Å². The van der Waals surface area contributed by atoms with Gasteiger partial charge in [-0.05, 0) is 75.9 Å². The monoisotopic (exact) mass is 899 g/mol. The molecular formula is C44H69N9O7S2. The summed E-state index contributed by atoms with van der Waals surface area (Å²) in [4.78, 5) is 50.7. The summed E-state index contributed by atoms with van der Waals surface area (Å²) >= 11 is 3.15. The van der Waals surface area contributed by atoms with Gasteiger partial charge in [0, 0.05) is 55.6 Å². The molecule has 5 heterocycles. The number of urea groups is 1. The smallest absolute Gasteiger partial charge is 0.315 e. The van der Waals surface area contributed by atoms with E-state index in [2.05, 4.69) is 41.0 Å². The summed E-state index contributed by atoms with van der Waals surface area (Å²) in [5, 5.41) is 17.0. The van der Waals surface area contributed by atoms with E-state index in [9.17, 15) is 14.4 Å². The molecule has 1 aromatic carbocycles. The summed E-state index contributed by atoms with van der Waals surface area (Å²) < 4.78 is 23.1. The standard InChI is InChI=1S/C43H64N8O7S.CH5NS/c52-38(13-7-6-12-37-39-34(28-59-37)48-42(54)49-39)45-16-20-55-22-24-57-25-23-56-21-17-46-41(53)33-10-4-5-11-35(33)58-36-26-44-31-47-40(36)51-29-43(30-51)14-18-50(19-15-43)27-32-8-2-1-3-9-32;1-3-2/h4-5,10-11,26,31-32,34,37,39H,1-3,6-9,12-25,27-30H2,(H,45,52)(H,46,53)(H2,48,49,54);2H2,1H3/t34-,37?,39-;/m0./s1. The zero-order chi connectivity index (χ0) is 43.4. The fourth-order valence-corrected chi connectivity index (χ4v) is 10.7. The van der Waals surface area contributed by atoms with Gasteiger partial charge >= 0.3 is 6.03 Å². The molecule has 6 N–H and O–H groups in total. The van der Waals surface area contributed by atoms with E-state index in [1.165, 1.54) is 76.5 Å². The van der Waals surface area contributed by atoms with E-state index in [-0.39, 0.29) is 29.9 Å². The lowest BCUT2D eigenvalue weighted by atomic mass is 9.71. The number of benzene rings is 1. The molecular weight excluding hydrogens is 831 g/mol. The number of thioether (sulfide) groups is 1. The third-order valence-electron chi connectivity index (χ3n) is 12.4. The number of hydrogen-bond donors (Lipinski definition) is 5. The van der Waals surface area contributed by atoms with Gasteiger partial charge in [-0.3, -0.25) is 14.7 Å². The van der Waals surface area contributed by atoms with E-state index < -0.39 is 0 Å². The largest absolute Gasteiger partial charge is 0.451 e. The Morgan fingerprint density at radius 2 is 1.63 bits per heavy atom. The number of carbonyl (C=O) groups is 3. The number of nitrogens with two attached hydrogens (primary N) is 1. The Kier molecular flexibility index (Phi) is 20.0. The molecule has 0 radical (unpaired) electrons. The second-order valence-electron chi connectivity index (χ2n) is 17.0. The van der Waals surface area contributed by atoms with Crippen molar-refractivity contribution in [1.82, 2.24) is 36.1 Å². The third kappa shape index (κ3) is 14.8. The Balaban J connectivity index is 0.00000208. The number of ether oxygens (including phenoxy) is 4. The molecule has 4 aliphatic heterocycles. The first kappa shape index (κ1) is 48.1. The number of fused-ring (bicyclic) bond motifs is 1. The molecule has 18 heteroatoms. The van der Waals surface area contributed by atoms with Crippen molar-refractivity contribution < 1.29 is 33.3 Å². The molecule has 3 atom stereocenters. The quantitative estimate of drug-likeness (QED) is 0.0591. The molecule has 4 saturated heterocycles. The van der Waals surface area contributed by atoms with Crippen LogP contribution in [0.4, 0.5) is 10.6 Å². The number of nitrogens with zero attached hydrogens (tertiary/aromatic N) is 4. The highest BCUT2D eigenvalue weighted by Gasteiger charge is 2.46. The van der Waals surface area contributed by atoms with Gasteiger partial charge in [0.25, 0.3) is 5.91 Å². The highest BCUT2D eigenvalue weighted by Crippen LogP contribution is 2.45. The minimum absolute atomic E-state index is 0.0323. The highest BCUT2D eigenvalue weighted by molar-refractivity contribution is 8.00. The molecule has 7 rings (SSSR count). The molecule has 1 spiro atoms. The van der Waals surface area contributed by atoms with Crippen LogP contribution in [-0.2, 0) is 19.0 Å². The lowest BCUT2D eigenvalue weighted by Crippen LogP contribution is -2.61. The summed E-state index contributed by atoms with van der Waals surface area (Å²) in [6.07, 6.45) is 17.8. The van der Waals surface area contributed by atoms with Crippen molar-refractivity contribution in [3.05, 3.63) is 42.4 Å². The van der Waals surface area contributed by atoms with Crippen LogP contribution >= 0.6 is 23.7 Å². The molecule has 5 fully saturated rings. The molecule has 1 aromatic heterocycles. The van der Waals surface area contributed by atoms with E-state index in [1.807, 2.05) is 30.2 Å². The number of nitrogens with one attached hydrogen (secondary N) is 4. The Labute approximate surface area is 376 Å². The Hall–Kier alpha value is -3.39. The van der Waals surface area contributed by atoms with Crippen molar-refractivity contribution in [1.29, 1.82) is 0 Å². The first-order chi connectivity index (χ1) is 30.4. The first-order valence-corrected chi connectivity index (χ1v) is 24.9. The average Bonchev–Trinajstić information content (AvgIpc) is 3.83.